The first kappa shape index (κ1) is 15.9. The van der Waals surface area contributed by atoms with Gasteiger partial charge in [0, 0.05) is 5.69 Å². The quantitative estimate of drug-likeness (QED) is 0.886. The Bertz CT molecular complexity index is 773. The lowest BCUT2D eigenvalue weighted by Gasteiger charge is -2.18. The van der Waals surface area contributed by atoms with E-state index in [2.05, 4.69) is 10.6 Å². The molecular formula is C18H18N2O4. The number of carbonyl (C=O) groups excluding carboxylic acids is 2. The molecule has 2 amide bonds. The van der Waals surface area contributed by atoms with Crippen molar-refractivity contribution in [2.45, 2.75) is 13.3 Å². The zero-order valence-electron chi connectivity index (χ0n) is 13.3. The van der Waals surface area contributed by atoms with E-state index in [-0.39, 0.29) is 24.8 Å². The summed E-state index contributed by atoms with van der Waals surface area (Å²) in [5.74, 6) is 0.968. The topological polar surface area (TPSA) is 76.7 Å². The third-order valence-corrected chi connectivity index (χ3v) is 3.48. The average molecular weight is 326 g/mol. The molecule has 24 heavy (non-hydrogen) atoms. The Kier molecular flexibility index (Phi) is 4.65. The van der Waals surface area contributed by atoms with Gasteiger partial charge in [-0.2, -0.15) is 0 Å². The first-order chi connectivity index (χ1) is 11.6. The van der Waals surface area contributed by atoms with Crippen LogP contribution in [0.15, 0.2) is 42.5 Å². The normalized spacial score (nSPS) is 12.6. The molecule has 2 aromatic carbocycles. The molecule has 2 N–H and O–H groups in total. The fraction of sp³-hybridized carbons (Fsp3) is 0.222. The molecule has 0 spiro atoms. The predicted molar refractivity (Wildman–Crippen MR) is 90.5 cm³/mol. The lowest BCUT2D eigenvalue weighted by Crippen LogP contribution is -2.25. The molecule has 1 aliphatic heterocycles. The van der Waals surface area contributed by atoms with E-state index in [1.807, 2.05) is 31.2 Å². The van der Waals surface area contributed by atoms with Gasteiger partial charge in [-0.15, -0.1) is 0 Å². The van der Waals surface area contributed by atoms with Crippen LogP contribution in [0.3, 0.4) is 0 Å². The van der Waals surface area contributed by atoms with Crippen LogP contribution < -0.4 is 20.1 Å². The second-order valence-corrected chi connectivity index (χ2v) is 5.51. The minimum absolute atomic E-state index is 0.00893. The monoisotopic (exact) mass is 326 g/mol. The Morgan fingerprint density at radius 1 is 1.29 bits per heavy atom. The van der Waals surface area contributed by atoms with E-state index >= 15 is 0 Å². The van der Waals surface area contributed by atoms with E-state index in [1.165, 1.54) is 0 Å². The largest absolute Gasteiger partial charge is 0.493 e. The van der Waals surface area contributed by atoms with Gasteiger partial charge in [0.1, 0.15) is 11.5 Å². The number of rotatable bonds is 5. The van der Waals surface area contributed by atoms with Gasteiger partial charge in [0.15, 0.2) is 6.61 Å². The number of carbonyl (C=O) groups is 2. The molecule has 1 heterocycles. The van der Waals surface area contributed by atoms with Gasteiger partial charge in [-0.3, -0.25) is 9.59 Å². The van der Waals surface area contributed by atoms with Crippen molar-refractivity contribution in [1.29, 1.82) is 0 Å². The first-order valence-electron chi connectivity index (χ1n) is 7.66. The smallest absolute Gasteiger partial charge is 0.262 e. The van der Waals surface area contributed by atoms with E-state index in [4.69, 9.17) is 9.47 Å². The first-order valence-corrected chi connectivity index (χ1v) is 7.66. The number of hydrogen-bond donors (Lipinski definition) is 2. The fourth-order valence-corrected chi connectivity index (χ4v) is 2.35. The van der Waals surface area contributed by atoms with Crippen LogP contribution in [0.4, 0.5) is 11.4 Å². The highest BCUT2D eigenvalue weighted by atomic mass is 16.5. The third kappa shape index (κ3) is 4.04. The van der Waals surface area contributed by atoms with Crippen LogP contribution in [0.1, 0.15) is 12.0 Å². The van der Waals surface area contributed by atoms with E-state index in [0.29, 0.717) is 23.7 Å². The zero-order chi connectivity index (χ0) is 16.9. The summed E-state index contributed by atoms with van der Waals surface area (Å²) in [7, 11) is 0. The van der Waals surface area contributed by atoms with Crippen LogP contribution in [0.25, 0.3) is 0 Å². The summed E-state index contributed by atoms with van der Waals surface area (Å²) in [4.78, 5) is 23.3. The molecule has 0 saturated heterocycles. The number of nitrogens with one attached hydrogen (secondary N) is 2. The number of ether oxygens (including phenoxy) is 2. The Morgan fingerprint density at radius 2 is 2.17 bits per heavy atom. The summed E-state index contributed by atoms with van der Waals surface area (Å²) in [5.41, 5.74) is 2.26. The Morgan fingerprint density at radius 3 is 3.00 bits per heavy atom. The third-order valence-electron chi connectivity index (χ3n) is 3.48. The molecule has 2 aromatic rings. The van der Waals surface area contributed by atoms with Crippen molar-refractivity contribution >= 4 is 23.2 Å². The van der Waals surface area contributed by atoms with Crippen molar-refractivity contribution < 1.29 is 19.1 Å². The molecule has 0 aromatic heterocycles. The molecule has 6 nitrogen and oxygen atoms in total. The summed E-state index contributed by atoms with van der Waals surface area (Å²) in [6, 6.07) is 12.8. The second kappa shape index (κ2) is 7.04. The predicted octanol–water partition coefficient (Wildman–Crippen LogP) is 2.73. The molecule has 0 atom stereocenters. The van der Waals surface area contributed by atoms with Gasteiger partial charge in [-0.25, -0.2) is 0 Å². The molecule has 6 heteroatoms. The Hall–Kier alpha value is -3.02. The van der Waals surface area contributed by atoms with Gasteiger partial charge in [0.2, 0.25) is 5.91 Å². The minimum atomic E-state index is -0.211. The highest BCUT2D eigenvalue weighted by Crippen LogP contribution is 2.30. The zero-order valence-corrected chi connectivity index (χ0v) is 13.3. The number of benzene rings is 2. The van der Waals surface area contributed by atoms with Crippen molar-refractivity contribution in [3.05, 3.63) is 48.0 Å². The number of hydrogen-bond acceptors (Lipinski definition) is 4. The Labute approximate surface area is 139 Å². The van der Waals surface area contributed by atoms with Crippen LogP contribution in [0.2, 0.25) is 0 Å². The van der Waals surface area contributed by atoms with Crippen LogP contribution >= 0.6 is 0 Å². The molecule has 3 rings (SSSR count). The maximum Gasteiger partial charge on any atom is 0.262 e. The van der Waals surface area contributed by atoms with Gasteiger partial charge in [-0.05, 0) is 42.8 Å². The summed E-state index contributed by atoms with van der Waals surface area (Å²) in [6.07, 6.45) is 0.230. The lowest BCUT2D eigenvalue weighted by molar-refractivity contribution is -0.118. The van der Waals surface area contributed by atoms with E-state index in [0.717, 1.165) is 11.3 Å². The fourth-order valence-electron chi connectivity index (χ4n) is 2.35. The molecular weight excluding hydrogens is 308 g/mol. The van der Waals surface area contributed by atoms with Gasteiger partial charge in [-0.1, -0.05) is 12.1 Å². The standard InChI is InChI=1S/C18H18N2O4/c1-12-3-2-4-14(9-12)23-8-7-17(21)19-13-5-6-16-15(10-13)20-18(22)11-24-16/h2-6,9-10H,7-8,11H2,1H3,(H,19,21)(H,20,22). The van der Waals surface area contributed by atoms with E-state index in [1.54, 1.807) is 18.2 Å². The Balaban J connectivity index is 1.52. The van der Waals surface area contributed by atoms with Crippen molar-refractivity contribution in [1.82, 2.24) is 0 Å². The van der Waals surface area contributed by atoms with Gasteiger partial charge >= 0.3 is 0 Å². The molecule has 0 saturated carbocycles. The average Bonchev–Trinajstić information content (AvgIpc) is 2.54. The summed E-state index contributed by atoms with van der Waals surface area (Å²) < 4.78 is 10.8. The van der Waals surface area contributed by atoms with E-state index < -0.39 is 0 Å². The maximum absolute atomic E-state index is 12.0. The molecule has 1 aliphatic rings. The van der Waals surface area contributed by atoms with E-state index in [9.17, 15) is 9.59 Å². The molecule has 0 radical (unpaired) electrons. The van der Waals surface area contributed by atoms with Crippen molar-refractivity contribution in [3.63, 3.8) is 0 Å². The lowest BCUT2D eigenvalue weighted by atomic mass is 10.2. The molecule has 0 bridgehead atoms. The van der Waals surface area contributed by atoms with Crippen LogP contribution in [0.5, 0.6) is 11.5 Å². The van der Waals surface area contributed by atoms with Crippen molar-refractivity contribution in [3.8, 4) is 11.5 Å². The number of amides is 2. The molecule has 0 fully saturated rings. The molecule has 0 unspecified atom stereocenters. The molecule has 0 aliphatic carbocycles. The maximum atomic E-state index is 12.0. The highest BCUT2D eigenvalue weighted by molar-refractivity contribution is 5.97. The summed E-state index contributed by atoms with van der Waals surface area (Å²) in [6.45, 7) is 2.28. The number of fused-ring (bicyclic) bond motifs is 1. The van der Waals surface area contributed by atoms with Gasteiger partial charge in [0.25, 0.3) is 5.91 Å². The van der Waals surface area contributed by atoms with Gasteiger partial charge in [0.05, 0.1) is 18.7 Å². The number of aryl methyl sites for hydroxylation is 1. The summed E-state index contributed by atoms with van der Waals surface area (Å²) in [5, 5.41) is 5.48. The van der Waals surface area contributed by atoms with Crippen LogP contribution in [-0.4, -0.2) is 25.0 Å². The van der Waals surface area contributed by atoms with Crippen molar-refractivity contribution in [2.75, 3.05) is 23.8 Å². The SMILES string of the molecule is Cc1cccc(OCCC(=O)Nc2ccc3c(c2)NC(=O)CO3)c1. The van der Waals surface area contributed by atoms with Crippen molar-refractivity contribution in [2.24, 2.45) is 0 Å². The summed E-state index contributed by atoms with van der Waals surface area (Å²) >= 11 is 0. The van der Waals surface area contributed by atoms with Gasteiger partial charge < -0.3 is 20.1 Å². The van der Waals surface area contributed by atoms with Crippen LogP contribution in [-0.2, 0) is 9.59 Å². The minimum Gasteiger partial charge on any atom is -0.493 e. The highest BCUT2D eigenvalue weighted by Gasteiger charge is 2.16. The molecule has 124 valence electrons. The second-order valence-electron chi connectivity index (χ2n) is 5.51. The number of anilines is 2. The van der Waals surface area contributed by atoms with Crippen LogP contribution in [0, 0.1) is 6.92 Å².